The summed E-state index contributed by atoms with van der Waals surface area (Å²) >= 11 is 0. The molecule has 9 aromatic rings. The van der Waals surface area contributed by atoms with Gasteiger partial charge in [-0.15, -0.1) is 0 Å². The monoisotopic (exact) mass is 887 g/mol. The highest BCUT2D eigenvalue weighted by Crippen LogP contribution is 2.38. The van der Waals surface area contributed by atoms with E-state index in [0.717, 1.165) is 90.7 Å². The van der Waals surface area contributed by atoms with Gasteiger partial charge in [-0.1, -0.05) is 12.1 Å². The fraction of sp³-hybridized carbons (Fsp3) is 0.271. The van der Waals surface area contributed by atoms with E-state index in [0.29, 0.717) is 56.8 Å². The molecule has 0 aliphatic carbocycles. The second-order valence-electron chi connectivity index (χ2n) is 15.8. The fourth-order valence-electron chi connectivity index (χ4n) is 8.43. The van der Waals surface area contributed by atoms with E-state index >= 15 is 0 Å². The molecule has 0 radical (unpaired) electrons. The van der Waals surface area contributed by atoms with Crippen LogP contribution in [-0.4, -0.2) is 81.4 Å². The maximum absolute atomic E-state index is 13.9. The predicted octanol–water partition coefficient (Wildman–Crippen LogP) is 9.67. The zero-order valence-corrected chi connectivity index (χ0v) is 36.6. The van der Waals surface area contributed by atoms with Gasteiger partial charge in [0, 0.05) is 72.0 Å². The lowest BCUT2D eigenvalue weighted by Crippen LogP contribution is -2.17. The molecule has 2 saturated heterocycles. The fourth-order valence-corrected chi connectivity index (χ4v) is 8.43. The van der Waals surface area contributed by atoms with Gasteiger partial charge in [-0.25, -0.2) is 44.9 Å². The molecule has 334 valence electrons. The van der Waals surface area contributed by atoms with Crippen molar-refractivity contribution >= 4 is 56.1 Å². The van der Waals surface area contributed by atoms with Gasteiger partial charge in [0.2, 0.25) is 5.95 Å². The van der Waals surface area contributed by atoms with E-state index in [2.05, 4.69) is 64.6 Å². The number of imidazole rings is 2. The second-order valence-corrected chi connectivity index (χ2v) is 15.8. The van der Waals surface area contributed by atoms with Gasteiger partial charge in [0.15, 0.2) is 11.3 Å². The quantitative estimate of drug-likeness (QED) is 0.124. The largest absolute Gasteiger partial charge is 0.497 e. The molecule has 11 rings (SSSR count). The van der Waals surface area contributed by atoms with Crippen molar-refractivity contribution in [3.63, 3.8) is 0 Å². The van der Waals surface area contributed by atoms with Gasteiger partial charge in [0.1, 0.15) is 70.7 Å². The number of ether oxygens (including phenoxy) is 4. The number of pyridine rings is 3. The third kappa shape index (κ3) is 8.38. The van der Waals surface area contributed by atoms with Crippen LogP contribution in [0.3, 0.4) is 0 Å². The van der Waals surface area contributed by atoms with Crippen LogP contribution in [-0.2, 0) is 9.47 Å². The third-order valence-corrected chi connectivity index (χ3v) is 11.7. The van der Waals surface area contributed by atoms with Crippen molar-refractivity contribution in [2.24, 2.45) is 0 Å². The topological polar surface area (TPSA) is 187 Å². The number of methoxy groups -OCH3 is 2. The van der Waals surface area contributed by atoms with Crippen LogP contribution in [0, 0.1) is 12.9 Å². The highest BCUT2D eigenvalue weighted by atomic mass is 19.1. The molecule has 9 heterocycles. The summed E-state index contributed by atoms with van der Waals surface area (Å²) in [5.41, 5.74) is 7.73. The standard InChI is InChI=1S/C33H32N8O3.C15H14FN5O/c1-20-9-10-25-24(11-13-35-31(25)39-21-15-22(42-2)17-23(16-21)43-3)28(20)40-32-26(7-6-12-34-32)29-30-33(37-18-36-29)41(19-38-30)27-8-4-5-14-44-27;16-14-10(4-3-6-17-14)12-13-15(19-8-18-12)21(9-20-13)11-5-1-2-7-22-11/h6-7,9-13,15-19,27H,4-5,8,14H2,1-3H3,(H,34,40)(H,35,39);3-4,6,8-9,11H,1-2,5,7H2. The van der Waals surface area contributed by atoms with E-state index in [1.807, 2.05) is 45.5 Å². The summed E-state index contributed by atoms with van der Waals surface area (Å²) in [4.78, 5) is 39.9. The normalized spacial score (nSPS) is 16.2. The van der Waals surface area contributed by atoms with Crippen molar-refractivity contribution in [1.82, 2.24) is 54.0 Å². The van der Waals surface area contributed by atoms with Crippen LogP contribution < -0.4 is 20.1 Å². The Labute approximate surface area is 378 Å². The summed E-state index contributed by atoms with van der Waals surface area (Å²) in [6.07, 6.45) is 17.5. The first-order valence-corrected chi connectivity index (χ1v) is 21.8. The minimum atomic E-state index is -0.564. The predicted molar refractivity (Wildman–Crippen MR) is 247 cm³/mol. The Balaban J connectivity index is 0.000000194. The van der Waals surface area contributed by atoms with Gasteiger partial charge in [0.05, 0.1) is 38.1 Å². The molecule has 2 unspecified atom stereocenters. The van der Waals surface area contributed by atoms with Crippen LogP contribution in [0.5, 0.6) is 11.5 Å². The van der Waals surface area contributed by atoms with Crippen LogP contribution in [0.2, 0.25) is 0 Å². The molecule has 0 amide bonds. The first-order chi connectivity index (χ1) is 32.5. The molecule has 18 heteroatoms. The Hall–Kier alpha value is -7.70. The van der Waals surface area contributed by atoms with Gasteiger partial charge in [-0.2, -0.15) is 4.39 Å². The summed E-state index contributed by atoms with van der Waals surface area (Å²) in [7, 11) is 3.26. The molecule has 2 atom stereocenters. The Morgan fingerprint density at radius 1 is 0.606 bits per heavy atom. The summed E-state index contributed by atoms with van der Waals surface area (Å²) in [5.74, 6) is 2.17. The SMILES string of the molecule is COc1cc(Nc2nccc3c(Nc4ncccc4-c4ncnc5c4ncn5C4CCCCO4)c(C)ccc23)cc(OC)c1.Fc1ncccc1-c1ncnc2c1ncn2C1CCCCO1. The zero-order chi connectivity index (χ0) is 45.0. The molecule has 0 spiro atoms. The van der Waals surface area contributed by atoms with E-state index in [1.54, 1.807) is 57.7 Å². The zero-order valence-electron chi connectivity index (χ0n) is 36.6. The molecule has 2 aliphatic heterocycles. The lowest BCUT2D eigenvalue weighted by atomic mass is 10.0. The number of rotatable bonds is 10. The van der Waals surface area contributed by atoms with Crippen LogP contribution in [0.1, 0.15) is 56.5 Å². The van der Waals surface area contributed by atoms with E-state index in [1.165, 1.54) is 12.5 Å². The second kappa shape index (κ2) is 18.8. The molecule has 2 aliphatic rings. The van der Waals surface area contributed by atoms with Crippen molar-refractivity contribution in [3.05, 3.63) is 116 Å². The van der Waals surface area contributed by atoms with Crippen LogP contribution in [0.25, 0.3) is 55.6 Å². The van der Waals surface area contributed by atoms with Gasteiger partial charge < -0.3 is 29.6 Å². The average Bonchev–Trinajstić information content (AvgIpc) is 4.02. The van der Waals surface area contributed by atoms with E-state index < -0.39 is 5.95 Å². The Bertz CT molecular complexity index is 3150. The van der Waals surface area contributed by atoms with Gasteiger partial charge in [-0.3, -0.25) is 9.13 Å². The van der Waals surface area contributed by atoms with Crippen LogP contribution in [0.15, 0.2) is 105 Å². The van der Waals surface area contributed by atoms with Gasteiger partial charge >= 0.3 is 0 Å². The molecular formula is C48H46FN13O4. The number of nitrogens with zero attached hydrogens (tertiary/aromatic N) is 11. The molecule has 2 N–H and O–H groups in total. The van der Waals surface area contributed by atoms with Gasteiger partial charge in [-0.05, 0) is 81.3 Å². The minimum Gasteiger partial charge on any atom is -0.497 e. The lowest BCUT2D eigenvalue weighted by Gasteiger charge is -2.23. The Morgan fingerprint density at radius 2 is 1.21 bits per heavy atom. The highest BCUT2D eigenvalue weighted by Gasteiger charge is 2.24. The van der Waals surface area contributed by atoms with Crippen LogP contribution in [0.4, 0.5) is 27.4 Å². The van der Waals surface area contributed by atoms with Crippen molar-refractivity contribution in [2.45, 2.75) is 57.9 Å². The van der Waals surface area contributed by atoms with E-state index in [4.69, 9.17) is 28.9 Å². The summed E-state index contributed by atoms with van der Waals surface area (Å²) < 4.78 is 40.5. The molecule has 7 aromatic heterocycles. The van der Waals surface area contributed by atoms with Crippen molar-refractivity contribution < 1.29 is 23.3 Å². The van der Waals surface area contributed by atoms with Crippen LogP contribution >= 0.6 is 0 Å². The number of aromatic nitrogens is 11. The Kier molecular flexibility index (Phi) is 12.0. The maximum atomic E-state index is 13.9. The molecular weight excluding hydrogens is 842 g/mol. The first kappa shape index (κ1) is 42.3. The third-order valence-electron chi connectivity index (χ3n) is 11.7. The lowest BCUT2D eigenvalue weighted by molar-refractivity contribution is -0.0299. The Morgan fingerprint density at radius 3 is 1.82 bits per heavy atom. The molecule has 66 heavy (non-hydrogen) atoms. The average molecular weight is 888 g/mol. The van der Waals surface area contributed by atoms with Crippen molar-refractivity contribution in [3.8, 4) is 34.0 Å². The number of fused-ring (bicyclic) bond motifs is 3. The molecule has 0 bridgehead atoms. The highest BCUT2D eigenvalue weighted by molar-refractivity contribution is 6.04. The summed E-state index contributed by atoms with van der Waals surface area (Å²) in [5, 5.41) is 8.99. The minimum absolute atomic E-state index is 0.0692. The summed E-state index contributed by atoms with van der Waals surface area (Å²) in [6, 6.07) is 19.0. The first-order valence-electron chi connectivity index (χ1n) is 21.8. The molecule has 2 aromatic carbocycles. The summed E-state index contributed by atoms with van der Waals surface area (Å²) in [6.45, 7) is 3.54. The van der Waals surface area contributed by atoms with Crippen molar-refractivity contribution in [2.75, 3.05) is 38.1 Å². The number of halogens is 1. The number of hydrogen-bond acceptors (Lipinski definition) is 15. The molecule has 0 saturated carbocycles. The van der Waals surface area contributed by atoms with Gasteiger partial charge in [0.25, 0.3) is 0 Å². The van der Waals surface area contributed by atoms with Crippen molar-refractivity contribution in [1.29, 1.82) is 0 Å². The van der Waals surface area contributed by atoms with E-state index in [-0.39, 0.29) is 12.5 Å². The van der Waals surface area contributed by atoms with E-state index in [9.17, 15) is 4.39 Å². The molecule has 2 fully saturated rings. The number of benzene rings is 2. The molecule has 17 nitrogen and oxygen atoms in total. The number of anilines is 4. The smallest absolute Gasteiger partial charge is 0.222 e. The number of aryl methyl sites for hydroxylation is 1. The number of nitrogens with one attached hydrogen (secondary N) is 2. The maximum Gasteiger partial charge on any atom is 0.222 e. The number of hydrogen-bond donors (Lipinski definition) is 2.